The Morgan fingerprint density at radius 3 is 2.57 bits per heavy atom. The molecule has 1 atom stereocenters. The summed E-state index contributed by atoms with van der Waals surface area (Å²) in [7, 11) is 1.38. The third kappa shape index (κ3) is 2.12. The predicted molar refractivity (Wildman–Crippen MR) is 55.1 cm³/mol. The van der Waals surface area contributed by atoms with E-state index in [1.165, 1.54) is 7.11 Å². The van der Waals surface area contributed by atoms with Crippen LogP contribution >= 0.6 is 0 Å². The van der Waals surface area contributed by atoms with Crippen LogP contribution in [0.3, 0.4) is 0 Å². The highest BCUT2D eigenvalue weighted by Crippen LogP contribution is 2.16. The smallest absolute Gasteiger partial charge is 0.338 e. The van der Waals surface area contributed by atoms with E-state index in [0.29, 0.717) is 5.56 Å². The zero-order valence-corrected chi connectivity index (χ0v) is 8.70. The Morgan fingerprint density at radius 1 is 1.50 bits per heavy atom. The number of hydrogen-bond donors (Lipinski definition) is 1. The van der Waals surface area contributed by atoms with E-state index in [9.17, 15) is 4.79 Å². The molecule has 0 amide bonds. The second-order valence-electron chi connectivity index (χ2n) is 3.35. The number of methoxy groups -OCH3 is 1. The van der Waals surface area contributed by atoms with E-state index in [0.717, 1.165) is 11.1 Å². The zero-order chi connectivity index (χ0) is 10.7. The van der Waals surface area contributed by atoms with Crippen molar-refractivity contribution in [3.63, 3.8) is 0 Å². The van der Waals surface area contributed by atoms with Crippen LogP contribution in [0.15, 0.2) is 18.2 Å². The summed E-state index contributed by atoms with van der Waals surface area (Å²) >= 11 is 0. The molecule has 0 saturated carbocycles. The molecule has 0 bridgehead atoms. The lowest BCUT2D eigenvalue weighted by molar-refractivity contribution is 0.0600. The number of nitrogens with two attached hydrogens (primary N) is 1. The fraction of sp³-hybridized carbons (Fsp3) is 0.364. The minimum Gasteiger partial charge on any atom is -0.465 e. The molecule has 0 spiro atoms. The van der Waals surface area contributed by atoms with Crippen LogP contribution in [0, 0.1) is 6.92 Å². The summed E-state index contributed by atoms with van der Waals surface area (Å²) in [5, 5.41) is 0. The summed E-state index contributed by atoms with van der Waals surface area (Å²) in [5.41, 5.74) is 8.24. The Labute approximate surface area is 83.9 Å². The van der Waals surface area contributed by atoms with Crippen LogP contribution in [-0.2, 0) is 4.74 Å². The minimum absolute atomic E-state index is 0.0135. The molecule has 0 saturated heterocycles. The van der Waals surface area contributed by atoms with E-state index in [1.54, 1.807) is 6.07 Å². The van der Waals surface area contributed by atoms with Gasteiger partial charge in [-0.25, -0.2) is 4.79 Å². The number of esters is 1. The van der Waals surface area contributed by atoms with Gasteiger partial charge < -0.3 is 10.5 Å². The summed E-state index contributed by atoms with van der Waals surface area (Å²) < 4.78 is 4.65. The highest BCUT2D eigenvalue weighted by Gasteiger charge is 2.10. The van der Waals surface area contributed by atoms with Crippen LogP contribution in [0.5, 0.6) is 0 Å². The summed E-state index contributed by atoms with van der Waals surface area (Å²) in [5.74, 6) is -0.307. The number of rotatable bonds is 2. The van der Waals surface area contributed by atoms with Gasteiger partial charge in [0.15, 0.2) is 0 Å². The van der Waals surface area contributed by atoms with Crippen LogP contribution in [0.25, 0.3) is 0 Å². The van der Waals surface area contributed by atoms with Crippen molar-refractivity contribution in [2.45, 2.75) is 19.9 Å². The lowest BCUT2D eigenvalue weighted by Gasteiger charge is -2.09. The Bertz CT molecular complexity index is 345. The molecule has 0 aliphatic carbocycles. The van der Waals surface area contributed by atoms with E-state index in [2.05, 4.69) is 4.74 Å². The van der Waals surface area contributed by atoms with Gasteiger partial charge in [-0.2, -0.15) is 0 Å². The van der Waals surface area contributed by atoms with Gasteiger partial charge in [0, 0.05) is 6.04 Å². The first kappa shape index (κ1) is 10.7. The molecule has 0 aliphatic heterocycles. The second kappa shape index (κ2) is 4.24. The average molecular weight is 193 g/mol. The minimum atomic E-state index is -0.307. The monoisotopic (exact) mass is 193 g/mol. The average Bonchev–Trinajstić information content (AvgIpc) is 2.16. The number of carbonyl (C=O) groups is 1. The van der Waals surface area contributed by atoms with Crippen molar-refractivity contribution in [2.75, 3.05) is 7.11 Å². The van der Waals surface area contributed by atoms with Crippen LogP contribution in [0.1, 0.15) is 34.5 Å². The van der Waals surface area contributed by atoms with Gasteiger partial charge in [-0.1, -0.05) is 12.1 Å². The van der Waals surface area contributed by atoms with Crippen LogP contribution in [0.2, 0.25) is 0 Å². The van der Waals surface area contributed by atoms with Crippen molar-refractivity contribution in [3.05, 3.63) is 34.9 Å². The second-order valence-corrected chi connectivity index (χ2v) is 3.35. The molecule has 0 heterocycles. The third-order valence-corrected chi connectivity index (χ3v) is 2.18. The first-order valence-electron chi connectivity index (χ1n) is 4.50. The number of carbonyl (C=O) groups excluding carboxylic acids is 1. The van der Waals surface area contributed by atoms with Crippen molar-refractivity contribution in [1.29, 1.82) is 0 Å². The number of benzene rings is 1. The van der Waals surface area contributed by atoms with Crippen molar-refractivity contribution in [1.82, 2.24) is 0 Å². The SMILES string of the molecule is COC(=O)c1ccc(C(C)N)cc1C. The molecule has 14 heavy (non-hydrogen) atoms. The van der Waals surface area contributed by atoms with Crippen molar-refractivity contribution < 1.29 is 9.53 Å². The van der Waals surface area contributed by atoms with E-state index < -0.39 is 0 Å². The van der Waals surface area contributed by atoms with Gasteiger partial charge in [0.05, 0.1) is 12.7 Å². The number of ether oxygens (including phenoxy) is 1. The van der Waals surface area contributed by atoms with Gasteiger partial charge >= 0.3 is 5.97 Å². The van der Waals surface area contributed by atoms with E-state index in [1.807, 2.05) is 26.0 Å². The summed E-state index contributed by atoms with van der Waals surface area (Å²) in [4.78, 5) is 11.3. The molecule has 1 unspecified atom stereocenters. The maximum atomic E-state index is 11.3. The normalized spacial score (nSPS) is 12.3. The van der Waals surface area contributed by atoms with Gasteiger partial charge in [0.25, 0.3) is 0 Å². The maximum Gasteiger partial charge on any atom is 0.338 e. The van der Waals surface area contributed by atoms with Crippen LogP contribution in [-0.4, -0.2) is 13.1 Å². The predicted octanol–water partition coefficient (Wildman–Crippen LogP) is 1.80. The molecule has 1 aromatic rings. The molecular formula is C11H15NO2. The molecule has 1 aromatic carbocycles. The molecule has 0 aliphatic rings. The van der Waals surface area contributed by atoms with Gasteiger partial charge in [-0.05, 0) is 31.0 Å². The molecule has 3 heteroatoms. The van der Waals surface area contributed by atoms with Crippen molar-refractivity contribution in [3.8, 4) is 0 Å². The molecule has 2 N–H and O–H groups in total. The Balaban J connectivity index is 3.07. The van der Waals surface area contributed by atoms with Gasteiger partial charge in [-0.15, -0.1) is 0 Å². The van der Waals surface area contributed by atoms with Gasteiger partial charge in [0.1, 0.15) is 0 Å². The van der Waals surface area contributed by atoms with E-state index in [4.69, 9.17) is 5.73 Å². The highest BCUT2D eigenvalue weighted by atomic mass is 16.5. The number of aryl methyl sites for hydroxylation is 1. The van der Waals surface area contributed by atoms with E-state index in [-0.39, 0.29) is 12.0 Å². The first-order chi connectivity index (χ1) is 6.56. The molecule has 0 radical (unpaired) electrons. The largest absolute Gasteiger partial charge is 0.465 e. The molecule has 0 fully saturated rings. The fourth-order valence-electron chi connectivity index (χ4n) is 1.31. The third-order valence-electron chi connectivity index (χ3n) is 2.18. The standard InChI is InChI=1S/C11H15NO2/c1-7-6-9(8(2)12)4-5-10(7)11(13)14-3/h4-6,8H,12H2,1-3H3. The lowest BCUT2D eigenvalue weighted by Crippen LogP contribution is -2.08. The fourth-order valence-corrected chi connectivity index (χ4v) is 1.31. The quantitative estimate of drug-likeness (QED) is 0.729. The number of hydrogen-bond acceptors (Lipinski definition) is 3. The summed E-state index contributed by atoms with van der Waals surface area (Å²) in [6, 6.07) is 5.50. The Hall–Kier alpha value is -1.35. The Morgan fingerprint density at radius 2 is 2.14 bits per heavy atom. The van der Waals surface area contributed by atoms with Crippen LogP contribution < -0.4 is 5.73 Å². The van der Waals surface area contributed by atoms with Crippen molar-refractivity contribution in [2.24, 2.45) is 5.73 Å². The maximum absolute atomic E-state index is 11.3. The zero-order valence-electron chi connectivity index (χ0n) is 8.70. The Kier molecular flexibility index (Phi) is 3.25. The molecule has 3 nitrogen and oxygen atoms in total. The van der Waals surface area contributed by atoms with Gasteiger partial charge in [-0.3, -0.25) is 0 Å². The molecule has 0 aromatic heterocycles. The molecule has 76 valence electrons. The topological polar surface area (TPSA) is 52.3 Å². The lowest BCUT2D eigenvalue weighted by atomic mass is 10.0. The highest BCUT2D eigenvalue weighted by molar-refractivity contribution is 5.90. The van der Waals surface area contributed by atoms with E-state index >= 15 is 0 Å². The molecule has 1 rings (SSSR count). The van der Waals surface area contributed by atoms with Gasteiger partial charge in [0.2, 0.25) is 0 Å². The summed E-state index contributed by atoms with van der Waals surface area (Å²) in [6.07, 6.45) is 0. The van der Waals surface area contributed by atoms with Crippen molar-refractivity contribution >= 4 is 5.97 Å². The summed E-state index contributed by atoms with van der Waals surface area (Å²) in [6.45, 7) is 3.78. The first-order valence-corrected chi connectivity index (χ1v) is 4.50. The molecular weight excluding hydrogens is 178 g/mol. The van der Waals surface area contributed by atoms with Crippen LogP contribution in [0.4, 0.5) is 0 Å².